The zero-order valence-electron chi connectivity index (χ0n) is 12.9. The molecule has 1 aliphatic heterocycles. The molecule has 0 spiro atoms. The number of amides is 2. The first kappa shape index (κ1) is 15.8. The number of likely N-dealkylation sites (tertiary alicyclic amines) is 1. The smallest absolute Gasteiger partial charge is 0.265 e. The van der Waals surface area contributed by atoms with Gasteiger partial charge in [0.25, 0.3) is 5.91 Å². The molecule has 0 unspecified atom stereocenters. The van der Waals surface area contributed by atoms with Crippen molar-refractivity contribution in [2.24, 2.45) is 5.92 Å². The Morgan fingerprint density at radius 2 is 2.24 bits per heavy atom. The van der Waals surface area contributed by atoms with Crippen molar-refractivity contribution in [3.63, 3.8) is 0 Å². The fourth-order valence-electron chi connectivity index (χ4n) is 2.60. The molecule has 7 heteroatoms. The van der Waals surface area contributed by atoms with Gasteiger partial charge in [0.1, 0.15) is 4.88 Å². The lowest BCUT2D eigenvalue weighted by molar-refractivity contribution is -0.131. The van der Waals surface area contributed by atoms with Gasteiger partial charge >= 0.3 is 0 Å². The fraction of sp³-hybridized carbons (Fsp3) is 0.643. The zero-order valence-corrected chi connectivity index (χ0v) is 13.7. The predicted molar refractivity (Wildman–Crippen MR) is 83.1 cm³/mol. The molecule has 2 rings (SSSR count). The Kier molecular flexibility index (Phi) is 4.22. The van der Waals surface area contributed by atoms with E-state index in [1.807, 2.05) is 25.7 Å². The van der Waals surface area contributed by atoms with E-state index in [2.05, 4.69) is 4.98 Å². The maximum absolute atomic E-state index is 12.2. The number of carbonyl (C=O) groups is 2. The largest absolute Gasteiger partial charge is 0.375 e. The van der Waals surface area contributed by atoms with Gasteiger partial charge in [0, 0.05) is 38.0 Å². The van der Waals surface area contributed by atoms with Gasteiger partial charge in [-0.1, -0.05) is 11.3 Å². The molecule has 0 aromatic carbocycles. The number of rotatable bonds is 3. The number of nitrogen functional groups attached to an aromatic ring is 1. The maximum Gasteiger partial charge on any atom is 0.265 e. The third-order valence-corrected chi connectivity index (χ3v) is 4.44. The summed E-state index contributed by atoms with van der Waals surface area (Å²) in [5, 5.41) is 0.390. The third-order valence-electron chi connectivity index (χ3n) is 3.63. The summed E-state index contributed by atoms with van der Waals surface area (Å²) in [7, 11) is 1.75. The number of nitrogens with zero attached hydrogens (tertiary/aromatic N) is 3. The molecule has 6 nitrogen and oxygen atoms in total. The molecule has 1 aromatic heterocycles. The van der Waals surface area contributed by atoms with E-state index in [9.17, 15) is 9.59 Å². The highest BCUT2D eigenvalue weighted by molar-refractivity contribution is 7.17. The Labute approximate surface area is 128 Å². The number of aromatic nitrogens is 1. The Balaban J connectivity index is 1.96. The standard InChI is InChI=1S/C14H22N4O2S/c1-14(2,3)18-8-9(5-11(18)19)7-17(4)12(20)10-6-16-13(15)21-10/h6,9H,5,7-8H2,1-4H3,(H2,15,16)/t9-/m1/s1. The van der Waals surface area contributed by atoms with Gasteiger partial charge in [-0.05, 0) is 20.8 Å². The van der Waals surface area contributed by atoms with Gasteiger partial charge in [0.2, 0.25) is 5.91 Å². The second-order valence-electron chi connectivity index (χ2n) is 6.49. The van der Waals surface area contributed by atoms with Crippen LogP contribution in [0.2, 0.25) is 0 Å². The van der Waals surface area contributed by atoms with Gasteiger partial charge < -0.3 is 15.5 Å². The molecule has 116 valence electrons. The second-order valence-corrected chi connectivity index (χ2v) is 7.56. The topological polar surface area (TPSA) is 79.5 Å². The highest BCUT2D eigenvalue weighted by atomic mass is 32.1. The van der Waals surface area contributed by atoms with Crippen molar-refractivity contribution in [1.29, 1.82) is 0 Å². The third kappa shape index (κ3) is 3.53. The van der Waals surface area contributed by atoms with Crippen LogP contribution in [-0.4, -0.2) is 52.3 Å². The van der Waals surface area contributed by atoms with Crippen molar-refractivity contribution in [2.75, 3.05) is 25.9 Å². The highest BCUT2D eigenvalue weighted by Crippen LogP contribution is 2.26. The minimum Gasteiger partial charge on any atom is -0.375 e. The molecular formula is C14H22N4O2S. The summed E-state index contributed by atoms with van der Waals surface area (Å²) in [5.74, 6) is 0.247. The Morgan fingerprint density at radius 1 is 1.57 bits per heavy atom. The van der Waals surface area contributed by atoms with Gasteiger partial charge in [0.05, 0.1) is 6.20 Å². The molecule has 2 N–H and O–H groups in total. The molecule has 0 bridgehead atoms. The molecule has 0 radical (unpaired) electrons. The van der Waals surface area contributed by atoms with Crippen molar-refractivity contribution >= 4 is 28.3 Å². The van der Waals surface area contributed by atoms with Gasteiger partial charge in [0.15, 0.2) is 5.13 Å². The Morgan fingerprint density at radius 3 is 2.71 bits per heavy atom. The van der Waals surface area contributed by atoms with Gasteiger partial charge in [-0.3, -0.25) is 9.59 Å². The van der Waals surface area contributed by atoms with Crippen LogP contribution in [0.1, 0.15) is 36.9 Å². The van der Waals surface area contributed by atoms with Gasteiger partial charge in [-0.2, -0.15) is 0 Å². The van der Waals surface area contributed by atoms with E-state index in [4.69, 9.17) is 5.73 Å². The van der Waals surface area contributed by atoms with Crippen molar-refractivity contribution in [3.05, 3.63) is 11.1 Å². The SMILES string of the molecule is CN(C[C@H]1CC(=O)N(C(C)(C)C)C1)C(=O)c1cnc(N)s1. The number of anilines is 1. The van der Waals surface area contributed by atoms with E-state index in [1.54, 1.807) is 11.9 Å². The summed E-state index contributed by atoms with van der Waals surface area (Å²) in [4.78, 5) is 32.3. The molecule has 1 atom stereocenters. The Hall–Kier alpha value is -1.63. The van der Waals surface area contributed by atoms with E-state index in [0.717, 1.165) is 0 Å². The molecule has 2 heterocycles. The predicted octanol–water partition coefficient (Wildman–Crippen LogP) is 1.44. The van der Waals surface area contributed by atoms with E-state index in [0.29, 0.717) is 29.5 Å². The zero-order chi connectivity index (χ0) is 15.8. The molecular weight excluding hydrogens is 288 g/mol. The average Bonchev–Trinajstić information content (AvgIpc) is 2.94. The minimum atomic E-state index is -0.166. The van der Waals surface area contributed by atoms with Crippen LogP contribution in [-0.2, 0) is 4.79 Å². The van der Waals surface area contributed by atoms with E-state index < -0.39 is 0 Å². The fourth-order valence-corrected chi connectivity index (χ4v) is 3.28. The van der Waals surface area contributed by atoms with Crippen LogP contribution in [0.15, 0.2) is 6.20 Å². The number of carbonyl (C=O) groups excluding carboxylic acids is 2. The van der Waals surface area contributed by atoms with Crippen LogP contribution in [0.25, 0.3) is 0 Å². The molecule has 1 saturated heterocycles. The van der Waals surface area contributed by atoms with Crippen LogP contribution in [0.5, 0.6) is 0 Å². The number of hydrogen-bond acceptors (Lipinski definition) is 5. The molecule has 1 aromatic rings. The second kappa shape index (κ2) is 5.63. The molecule has 0 aliphatic carbocycles. The number of thiazole rings is 1. The molecule has 21 heavy (non-hydrogen) atoms. The van der Waals surface area contributed by atoms with Crippen LogP contribution >= 0.6 is 11.3 Å². The van der Waals surface area contributed by atoms with Crippen molar-refractivity contribution in [1.82, 2.24) is 14.8 Å². The average molecular weight is 310 g/mol. The highest BCUT2D eigenvalue weighted by Gasteiger charge is 2.37. The summed E-state index contributed by atoms with van der Waals surface area (Å²) in [6.07, 6.45) is 2.00. The van der Waals surface area contributed by atoms with Crippen molar-refractivity contribution < 1.29 is 9.59 Å². The number of hydrogen-bond donors (Lipinski definition) is 1. The van der Waals surface area contributed by atoms with Gasteiger partial charge in [-0.25, -0.2) is 4.98 Å². The quantitative estimate of drug-likeness (QED) is 0.916. The molecule has 1 aliphatic rings. The van der Waals surface area contributed by atoms with E-state index in [-0.39, 0.29) is 23.3 Å². The molecule has 0 saturated carbocycles. The normalized spacial score (nSPS) is 19.1. The van der Waals surface area contributed by atoms with Crippen LogP contribution in [0, 0.1) is 5.92 Å². The lowest BCUT2D eigenvalue weighted by Crippen LogP contribution is -2.43. The first-order chi connectivity index (χ1) is 9.68. The van der Waals surface area contributed by atoms with E-state index in [1.165, 1.54) is 17.5 Å². The summed E-state index contributed by atoms with van der Waals surface area (Å²) in [6.45, 7) is 7.35. The monoisotopic (exact) mass is 310 g/mol. The molecule has 1 fully saturated rings. The van der Waals surface area contributed by atoms with E-state index >= 15 is 0 Å². The minimum absolute atomic E-state index is 0.0918. The summed E-state index contributed by atoms with van der Waals surface area (Å²) < 4.78 is 0. The Bertz CT molecular complexity index is 549. The van der Waals surface area contributed by atoms with Crippen molar-refractivity contribution in [2.45, 2.75) is 32.7 Å². The van der Waals surface area contributed by atoms with Crippen molar-refractivity contribution in [3.8, 4) is 0 Å². The molecule has 2 amide bonds. The lowest BCUT2D eigenvalue weighted by Gasteiger charge is -2.32. The summed E-state index contributed by atoms with van der Waals surface area (Å²) in [6, 6.07) is 0. The van der Waals surface area contributed by atoms with Crippen LogP contribution in [0.4, 0.5) is 5.13 Å². The lowest BCUT2D eigenvalue weighted by atomic mass is 10.1. The van der Waals surface area contributed by atoms with Crippen LogP contribution in [0.3, 0.4) is 0 Å². The first-order valence-electron chi connectivity index (χ1n) is 6.95. The van der Waals surface area contributed by atoms with Gasteiger partial charge in [-0.15, -0.1) is 0 Å². The first-order valence-corrected chi connectivity index (χ1v) is 7.77. The summed E-state index contributed by atoms with van der Waals surface area (Å²) in [5.41, 5.74) is 5.38. The number of nitrogens with two attached hydrogens (primary N) is 1. The summed E-state index contributed by atoms with van der Waals surface area (Å²) >= 11 is 1.19. The van der Waals surface area contributed by atoms with Crippen LogP contribution < -0.4 is 5.73 Å². The maximum atomic E-state index is 12.2.